The van der Waals surface area contributed by atoms with Crippen molar-refractivity contribution in [1.82, 2.24) is 5.32 Å². The summed E-state index contributed by atoms with van der Waals surface area (Å²) in [5.41, 5.74) is 0. The molecule has 5 nitrogen and oxygen atoms in total. The molecule has 4 atom stereocenters. The van der Waals surface area contributed by atoms with E-state index in [0.717, 1.165) is 0 Å². The van der Waals surface area contributed by atoms with Gasteiger partial charge in [0.15, 0.2) is 5.78 Å². The predicted molar refractivity (Wildman–Crippen MR) is 40.5 cm³/mol. The molecule has 4 unspecified atom stereocenters. The molecular formula is C7H13NO4. The number of hydrogen-bond acceptors (Lipinski definition) is 5. The summed E-state index contributed by atoms with van der Waals surface area (Å²) in [6.07, 6.45) is -3.84. The van der Waals surface area contributed by atoms with Gasteiger partial charge in [0.05, 0.1) is 6.10 Å². The number of aliphatic hydroxyl groups is 3. The van der Waals surface area contributed by atoms with Gasteiger partial charge < -0.3 is 20.6 Å². The zero-order valence-corrected chi connectivity index (χ0v) is 6.77. The molecule has 0 saturated heterocycles. The number of aliphatic hydroxyl groups excluding tert-OH is 3. The lowest BCUT2D eigenvalue weighted by Crippen LogP contribution is -2.57. The van der Waals surface area contributed by atoms with Gasteiger partial charge in [0.25, 0.3) is 0 Å². The van der Waals surface area contributed by atoms with E-state index in [4.69, 9.17) is 10.2 Å². The van der Waals surface area contributed by atoms with Crippen molar-refractivity contribution in [2.24, 2.45) is 0 Å². The Morgan fingerprint density at radius 2 is 1.92 bits per heavy atom. The van der Waals surface area contributed by atoms with Crippen LogP contribution in [0.5, 0.6) is 0 Å². The van der Waals surface area contributed by atoms with Crippen LogP contribution in [0.3, 0.4) is 0 Å². The summed E-state index contributed by atoms with van der Waals surface area (Å²) in [4.78, 5) is 11.0. The second-order valence-corrected chi connectivity index (χ2v) is 2.99. The summed E-state index contributed by atoms with van der Waals surface area (Å²) in [5, 5.41) is 30.2. The van der Waals surface area contributed by atoms with Gasteiger partial charge in [-0.05, 0) is 7.05 Å². The highest BCUT2D eigenvalue weighted by atomic mass is 16.4. The maximum absolute atomic E-state index is 11.0. The summed E-state index contributed by atoms with van der Waals surface area (Å²) in [7, 11) is 1.59. The minimum absolute atomic E-state index is 0.0515. The molecule has 0 aromatic heterocycles. The molecule has 0 spiro atoms. The Kier molecular flexibility index (Phi) is 2.79. The quantitative estimate of drug-likeness (QED) is 0.357. The second-order valence-electron chi connectivity index (χ2n) is 2.99. The number of carbonyl (C=O) groups is 1. The Morgan fingerprint density at radius 1 is 1.33 bits per heavy atom. The van der Waals surface area contributed by atoms with Crippen molar-refractivity contribution in [3.63, 3.8) is 0 Å². The van der Waals surface area contributed by atoms with Crippen LogP contribution in [-0.4, -0.2) is 52.5 Å². The topological polar surface area (TPSA) is 89.8 Å². The van der Waals surface area contributed by atoms with E-state index in [0.29, 0.717) is 0 Å². The number of likely N-dealkylation sites (N-methyl/N-ethyl adjacent to an activating group) is 1. The summed E-state index contributed by atoms with van der Waals surface area (Å²) in [6.45, 7) is 0. The highest BCUT2D eigenvalue weighted by Crippen LogP contribution is 2.16. The van der Waals surface area contributed by atoms with E-state index in [2.05, 4.69) is 5.32 Å². The number of Topliss-reactive ketones (excluding diaryl/α,β-unsaturated/α-hetero) is 1. The zero-order chi connectivity index (χ0) is 9.30. The molecule has 0 heterocycles. The molecule has 0 bridgehead atoms. The van der Waals surface area contributed by atoms with E-state index < -0.39 is 30.1 Å². The first-order valence-corrected chi connectivity index (χ1v) is 3.82. The van der Waals surface area contributed by atoms with Crippen molar-refractivity contribution in [2.75, 3.05) is 7.05 Å². The van der Waals surface area contributed by atoms with Gasteiger partial charge in [-0.3, -0.25) is 4.79 Å². The third-order valence-electron chi connectivity index (χ3n) is 2.21. The molecule has 4 N–H and O–H groups in total. The minimum atomic E-state index is -1.44. The lowest BCUT2D eigenvalue weighted by molar-refractivity contribution is -0.149. The second kappa shape index (κ2) is 3.49. The number of ketones is 1. The van der Waals surface area contributed by atoms with E-state index >= 15 is 0 Å². The predicted octanol–water partition coefficient (Wildman–Crippen LogP) is -2.37. The Labute approximate surface area is 70.0 Å². The Bertz CT molecular complexity index is 182. The lowest BCUT2D eigenvalue weighted by Gasteiger charge is -2.33. The molecule has 1 fully saturated rings. The highest BCUT2D eigenvalue weighted by molar-refractivity contribution is 5.85. The van der Waals surface area contributed by atoms with Crippen LogP contribution in [0.1, 0.15) is 6.42 Å². The third-order valence-corrected chi connectivity index (χ3v) is 2.21. The van der Waals surface area contributed by atoms with E-state index in [1.807, 2.05) is 0 Å². The number of carbonyl (C=O) groups excluding carboxylic acids is 1. The van der Waals surface area contributed by atoms with Crippen molar-refractivity contribution in [2.45, 2.75) is 30.8 Å². The highest BCUT2D eigenvalue weighted by Gasteiger charge is 2.40. The van der Waals surface area contributed by atoms with Crippen molar-refractivity contribution < 1.29 is 20.1 Å². The van der Waals surface area contributed by atoms with Crippen molar-refractivity contribution in [1.29, 1.82) is 0 Å². The Balaban J connectivity index is 2.70. The Hall–Kier alpha value is -0.490. The van der Waals surface area contributed by atoms with Crippen LogP contribution in [-0.2, 0) is 4.79 Å². The van der Waals surface area contributed by atoms with Gasteiger partial charge in [-0.25, -0.2) is 0 Å². The fourth-order valence-electron chi connectivity index (χ4n) is 1.35. The minimum Gasteiger partial charge on any atom is -0.389 e. The van der Waals surface area contributed by atoms with E-state index in [1.54, 1.807) is 7.05 Å². The normalized spacial score (nSPS) is 43.2. The van der Waals surface area contributed by atoms with Crippen molar-refractivity contribution in [3.05, 3.63) is 0 Å². The lowest BCUT2D eigenvalue weighted by atomic mass is 9.87. The molecule has 1 aliphatic rings. The van der Waals surface area contributed by atoms with E-state index in [1.165, 1.54) is 0 Å². The van der Waals surface area contributed by atoms with E-state index in [9.17, 15) is 9.90 Å². The SMILES string of the molecule is CNC1CC(=O)C(O)C(O)C1O. The average molecular weight is 175 g/mol. The van der Waals surface area contributed by atoms with Crippen LogP contribution in [0.25, 0.3) is 0 Å². The van der Waals surface area contributed by atoms with Crippen molar-refractivity contribution in [3.8, 4) is 0 Å². The van der Waals surface area contributed by atoms with Gasteiger partial charge in [0.2, 0.25) is 0 Å². The fourth-order valence-corrected chi connectivity index (χ4v) is 1.35. The maximum Gasteiger partial charge on any atom is 0.165 e. The van der Waals surface area contributed by atoms with Crippen molar-refractivity contribution >= 4 is 5.78 Å². The summed E-state index contributed by atoms with van der Waals surface area (Å²) >= 11 is 0. The standard InChI is InChI=1S/C7H13NO4/c1-8-3-2-4(9)6(11)7(12)5(3)10/h3,5-8,10-12H,2H2,1H3. The monoisotopic (exact) mass is 175 g/mol. The molecule has 0 amide bonds. The van der Waals surface area contributed by atoms with Crippen LogP contribution >= 0.6 is 0 Å². The van der Waals surface area contributed by atoms with Crippen LogP contribution in [0.2, 0.25) is 0 Å². The van der Waals surface area contributed by atoms with Gasteiger partial charge in [0, 0.05) is 12.5 Å². The number of hydrogen-bond donors (Lipinski definition) is 4. The van der Waals surface area contributed by atoms with Gasteiger partial charge >= 0.3 is 0 Å². The smallest absolute Gasteiger partial charge is 0.165 e. The molecule has 0 aromatic carbocycles. The number of rotatable bonds is 1. The molecule has 0 aliphatic heterocycles. The molecule has 12 heavy (non-hydrogen) atoms. The molecule has 0 aromatic rings. The largest absolute Gasteiger partial charge is 0.389 e. The van der Waals surface area contributed by atoms with Gasteiger partial charge in [-0.2, -0.15) is 0 Å². The van der Waals surface area contributed by atoms with Crippen LogP contribution in [0, 0.1) is 0 Å². The van der Waals surface area contributed by atoms with Crippen LogP contribution in [0.15, 0.2) is 0 Å². The summed E-state index contributed by atoms with van der Waals surface area (Å²) < 4.78 is 0. The molecule has 1 rings (SSSR count). The van der Waals surface area contributed by atoms with Crippen LogP contribution < -0.4 is 5.32 Å². The van der Waals surface area contributed by atoms with Gasteiger partial charge in [-0.15, -0.1) is 0 Å². The summed E-state index contributed by atoms with van der Waals surface area (Å²) in [6, 6.07) is -0.462. The summed E-state index contributed by atoms with van der Waals surface area (Å²) in [5.74, 6) is -0.438. The molecule has 1 saturated carbocycles. The first-order valence-electron chi connectivity index (χ1n) is 3.82. The molecule has 0 radical (unpaired) electrons. The van der Waals surface area contributed by atoms with Crippen LogP contribution in [0.4, 0.5) is 0 Å². The average Bonchev–Trinajstić information content (AvgIpc) is 2.08. The molecule has 1 aliphatic carbocycles. The molecular weight excluding hydrogens is 162 g/mol. The van der Waals surface area contributed by atoms with Gasteiger partial charge in [-0.1, -0.05) is 0 Å². The first-order chi connectivity index (χ1) is 5.57. The third kappa shape index (κ3) is 1.49. The van der Waals surface area contributed by atoms with E-state index in [-0.39, 0.29) is 6.42 Å². The zero-order valence-electron chi connectivity index (χ0n) is 6.77. The fraction of sp³-hybridized carbons (Fsp3) is 0.857. The first kappa shape index (κ1) is 9.60. The number of nitrogens with one attached hydrogen (secondary N) is 1. The maximum atomic E-state index is 11.0. The van der Waals surface area contributed by atoms with Gasteiger partial charge in [0.1, 0.15) is 12.2 Å². The molecule has 70 valence electrons. The Morgan fingerprint density at radius 3 is 2.42 bits per heavy atom. The molecule has 5 heteroatoms.